The fraction of sp³-hybridized carbons (Fsp3) is 0.294. The van der Waals surface area contributed by atoms with Crippen molar-refractivity contribution in [3.8, 4) is 0 Å². The number of aromatic nitrogens is 1. The van der Waals surface area contributed by atoms with Gasteiger partial charge in [-0.15, -0.1) is 0 Å². The Hall–Kier alpha value is -2.41. The van der Waals surface area contributed by atoms with Crippen molar-refractivity contribution in [1.29, 1.82) is 0 Å². The molecule has 7 heteroatoms. The van der Waals surface area contributed by atoms with Gasteiger partial charge in [-0.3, -0.25) is 9.59 Å². The average Bonchev–Trinajstić information content (AvgIpc) is 2.93. The number of sulfone groups is 1. The molecule has 0 radical (unpaired) electrons. The summed E-state index contributed by atoms with van der Waals surface area (Å²) in [6.45, 7) is 0. The van der Waals surface area contributed by atoms with Gasteiger partial charge < -0.3 is 10.3 Å². The van der Waals surface area contributed by atoms with Crippen molar-refractivity contribution in [2.24, 2.45) is 0 Å². The number of Topliss-reactive ketones (excluding diaryl/α,β-unsaturated/α-hetero) is 1. The van der Waals surface area contributed by atoms with Gasteiger partial charge in [0.15, 0.2) is 15.6 Å². The second-order valence-corrected chi connectivity index (χ2v) is 8.19. The van der Waals surface area contributed by atoms with Gasteiger partial charge in [0.05, 0.1) is 16.9 Å². The van der Waals surface area contributed by atoms with Crippen LogP contribution in [-0.2, 0) is 22.0 Å². The van der Waals surface area contributed by atoms with Crippen molar-refractivity contribution in [2.75, 3.05) is 11.6 Å². The zero-order valence-corrected chi connectivity index (χ0v) is 14.1. The van der Waals surface area contributed by atoms with Crippen LogP contribution in [0.2, 0.25) is 0 Å². The SMILES string of the molecule is CS(=O)(=O)Cc1ccc(NC(=O)c2c[nH]c3c2C(=O)CCC3)cc1. The average molecular weight is 346 g/mol. The number of aryl methyl sites for hydroxylation is 1. The van der Waals surface area contributed by atoms with Crippen LogP contribution >= 0.6 is 0 Å². The molecule has 1 aliphatic carbocycles. The van der Waals surface area contributed by atoms with Gasteiger partial charge in [-0.05, 0) is 30.5 Å². The first kappa shape index (κ1) is 16.4. The number of hydrogen-bond acceptors (Lipinski definition) is 4. The molecule has 1 amide bonds. The number of carbonyl (C=O) groups excluding carboxylic acids is 2. The number of aromatic amines is 1. The van der Waals surface area contributed by atoms with Crippen molar-refractivity contribution >= 4 is 27.2 Å². The lowest BCUT2D eigenvalue weighted by atomic mass is 9.93. The summed E-state index contributed by atoms with van der Waals surface area (Å²) >= 11 is 0. The summed E-state index contributed by atoms with van der Waals surface area (Å²) in [5.41, 5.74) is 2.88. The van der Waals surface area contributed by atoms with Crippen LogP contribution in [0.15, 0.2) is 30.5 Å². The van der Waals surface area contributed by atoms with Crippen LogP contribution in [0, 0.1) is 0 Å². The van der Waals surface area contributed by atoms with Gasteiger partial charge in [-0.25, -0.2) is 8.42 Å². The van der Waals surface area contributed by atoms with E-state index >= 15 is 0 Å². The first-order chi connectivity index (χ1) is 11.3. The minimum atomic E-state index is -3.09. The number of nitrogens with one attached hydrogen (secondary N) is 2. The molecule has 0 bridgehead atoms. The highest BCUT2D eigenvalue weighted by Gasteiger charge is 2.25. The van der Waals surface area contributed by atoms with Crippen LogP contribution in [0.25, 0.3) is 0 Å². The highest BCUT2D eigenvalue weighted by atomic mass is 32.2. The maximum Gasteiger partial charge on any atom is 0.257 e. The van der Waals surface area contributed by atoms with E-state index in [0.29, 0.717) is 28.8 Å². The summed E-state index contributed by atoms with van der Waals surface area (Å²) in [6.07, 6.45) is 4.78. The molecule has 1 aromatic carbocycles. The summed E-state index contributed by atoms with van der Waals surface area (Å²) in [6, 6.07) is 6.63. The Bertz CT molecular complexity index is 895. The molecule has 1 heterocycles. The van der Waals surface area contributed by atoms with Crippen molar-refractivity contribution in [3.63, 3.8) is 0 Å². The number of carbonyl (C=O) groups is 2. The Kier molecular flexibility index (Phi) is 4.28. The molecule has 0 spiro atoms. The number of hydrogen-bond donors (Lipinski definition) is 2. The van der Waals surface area contributed by atoms with E-state index in [1.807, 2.05) is 0 Å². The number of benzene rings is 1. The van der Waals surface area contributed by atoms with E-state index in [2.05, 4.69) is 10.3 Å². The Morgan fingerprint density at radius 1 is 1.21 bits per heavy atom. The van der Waals surface area contributed by atoms with E-state index in [-0.39, 0.29) is 17.4 Å². The van der Waals surface area contributed by atoms with Crippen LogP contribution in [0.1, 0.15) is 44.8 Å². The highest BCUT2D eigenvalue weighted by molar-refractivity contribution is 7.89. The van der Waals surface area contributed by atoms with E-state index < -0.39 is 9.84 Å². The zero-order chi connectivity index (χ0) is 17.3. The quantitative estimate of drug-likeness (QED) is 0.888. The summed E-state index contributed by atoms with van der Waals surface area (Å²) in [7, 11) is -3.09. The van der Waals surface area contributed by atoms with E-state index in [0.717, 1.165) is 18.5 Å². The lowest BCUT2D eigenvalue weighted by Gasteiger charge is -2.12. The summed E-state index contributed by atoms with van der Waals surface area (Å²) < 4.78 is 22.6. The molecule has 126 valence electrons. The van der Waals surface area contributed by atoms with Gasteiger partial charge in [0.25, 0.3) is 5.91 Å². The summed E-state index contributed by atoms with van der Waals surface area (Å²) in [5, 5.41) is 2.74. The Morgan fingerprint density at radius 2 is 1.92 bits per heavy atom. The van der Waals surface area contributed by atoms with E-state index in [1.54, 1.807) is 30.5 Å². The third-order valence-electron chi connectivity index (χ3n) is 3.96. The minimum absolute atomic E-state index is 0.00819. The van der Waals surface area contributed by atoms with Crippen LogP contribution in [0.4, 0.5) is 5.69 Å². The molecule has 0 unspecified atom stereocenters. The molecular formula is C17H18N2O4S. The van der Waals surface area contributed by atoms with Gasteiger partial charge in [0.2, 0.25) is 0 Å². The Morgan fingerprint density at radius 3 is 2.58 bits per heavy atom. The zero-order valence-electron chi connectivity index (χ0n) is 13.3. The number of H-pyrrole nitrogens is 1. The summed E-state index contributed by atoms with van der Waals surface area (Å²) in [5.74, 6) is -0.397. The molecule has 3 rings (SSSR count). The minimum Gasteiger partial charge on any atom is -0.364 e. The van der Waals surface area contributed by atoms with Gasteiger partial charge >= 0.3 is 0 Å². The fourth-order valence-corrected chi connectivity index (χ4v) is 3.70. The first-order valence-corrected chi connectivity index (χ1v) is 9.71. The van der Waals surface area contributed by atoms with Gasteiger partial charge in [0, 0.05) is 30.3 Å². The fourth-order valence-electron chi connectivity index (χ4n) is 2.90. The molecule has 0 fully saturated rings. The van der Waals surface area contributed by atoms with Crippen LogP contribution < -0.4 is 5.32 Å². The summed E-state index contributed by atoms with van der Waals surface area (Å²) in [4.78, 5) is 27.5. The topological polar surface area (TPSA) is 96.1 Å². The van der Waals surface area contributed by atoms with Gasteiger partial charge in [0.1, 0.15) is 0 Å². The van der Waals surface area contributed by atoms with Crippen LogP contribution in [0.3, 0.4) is 0 Å². The number of ketones is 1. The maximum absolute atomic E-state index is 12.4. The molecule has 24 heavy (non-hydrogen) atoms. The third-order valence-corrected chi connectivity index (χ3v) is 4.81. The molecule has 2 aromatic rings. The predicted molar refractivity (Wildman–Crippen MR) is 91.0 cm³/mol. The molecule has 0 atom stereocenters. The monoisotopic (exact) mass is 346 g/mol. The third kappa shape index (κ3) is 3.56. The van der Waals surface area contributed by atoms with Crippen LogP contribution in [-0.4, -0.2) is 31.3 Å². The first-order valence-electron chi connectivity index (χ1n) is 7.65. The maximum atomic E-state index is 12.4. The largest absolute Gasteiger partial charge is 0.364 e. The molecule has 0 saturated carbocycles. The molecule has 2 N–H and O–H groups in total. The van der Waals surface area contributed by atoms with Gasteiger partial charge in [-0.2, -0.15) is 0 Å². The standard InChI is InChI=1S/C17H18N2O4S/c1-24(22,23)10-11-5-7-12(8-6-11)19-17(21)13-9-18-14-3-2-4-15(20)16(13)14/h5-9,18H,2-4,10H2,1H3,(H,19,21). The predicted octanol–water partition coefficient (Wildman–Crippen LogP) is 2.33. The molecule has 0 aliphatic heterocycles. The second-order valence-electron chi connectivity index (χ2n) is 6.05. The molecule has 1 aliphatic rings. The molecule has 0 saturated heterocycles. The number of anilines is 1. The second kappa shape index (κ2) is 6.24. The Labute approximate surface area is 140 Å². The van der Waals surface area contributed by atoms with Crippen LogP contribution in [0.5, 0.6) is 0 Å². The lowest BCUT2D eigenvalue weighted by molar-refractivity contribution is 0.0956. The van der Waals surface area contributed by atoms with Crippen molar-refractivity contribution in [3.05, 3.63) is 52.8 Å². The van der Waals surface area contributed by atoms with Crippen molar-refractivity contribution < 1.29 is 18.0 Å². The molecule has 6 nitrogen and oxygen atoms in total. The number of fused-ring (bicyclic) bond motifs is 1. The smallest absolute Gasteiger partial charge is 0.257 e. The normalized spacial score (nSPS) is 14.3. The highest BCUT2D eigenvalue weighted by Crippen LogP contribution is 2.24. The van der Waals surface area contributed by atoms with E-state index in [9.17, 15) is 18.0 Å². The number of rotatable bonds is 4. The van der Waals surface area contributed by atoms with Crippen molar-refractivity contribution in [1.82, 2.24) is 4.98 Å². The van der Waals surface area contributed by atoms with Gasteiger partial charge in [-0.1, -0.05) is 12.1 Å². The number of amides is 1. The molecular weight excluding hydrogens is 328 g/mol. The molecule has 1 aromatic heterocycles. The van der Waals surface area contributed by atoms with Crippen molar-refractivity contribution in [2.45, 2.75) is 25.0 Å². The van der Waals surface area contributed by atoms with E-state index in [4.69, 9.17) is 0 Å². The Balaban J connectivity index is 1.76. The lowest BCUT2D eigenvalue weighted by Crippen LogP contribution is -2.17. The van der Waals surface area contributed by atoms with E-state index in [1.165, 1.54) is 6.26 Å².